The van der Waals surface area contributed by atoms with E-state index in [0.29, 0.717) is 19.1 Å². The third-order valence-corrected chi connectivity index (χ3v) is 3.40. The summed E-state index contributed by atoms with van der Waals surface area (Å²) in [4.78, 5) is 0. The van der Waals surface area contributed by atoms with E-state index in [1.54, 1.807) is 0 Å². The Balaban J connectivity index is 2.84. The van der Waals surface area contributed by atoms with Crippen LogP contribution in [-0.2, 0) is 6.42 Å². The predicted octanol–water partition coefficient (Wildman–Crippen LogP) is 2.14. The molecule has 3 N–H and O–H groups in total. The first-order chi connectivity index (χ1) is 8.62. The summed E-state index contributed by atoms with van der Waals surface area (Å²) in [5.74, 6) is 1.45. The van der Waals surface area contributed by atoms with Crippen LogP contribution in [0.2, 0.25) is 0 Å². The van der Waals surface area contributed by atoms with E-state index in [0.717, 1.165) is 12.2 Å². The highest BCUT2D eigenvalue weighted by atomic mass is 16.5. The molecular weight excluding hydrogens is 226 g/mol. The molecule has 1 aromatic carbocycles. The van der Waals surface area contributed by atoms with Gasteiger partial charge in [-0.1, -0.05) is 24.6 Å². The Labute approximate surface area is 110 Å². The number of ether oxygens (including phenoxy) is 1. The fourth-order valence-electron chi connectivity index (χ4n) is 2.16. The number of hydrogen-bond acceptors (Lipinski definition) is 3. The van der Waals surface area contributed by atoms with E-state index in [-0.39, 0.29) is 12.5 Å². The van der Waals surface area contributed by atoms with Crippen LogP contribution >= 0.6 is 0 Å². The largest absolute Gasteiger partial charge is 0.494 e. The summed E-state index contributed by atoms with van der Waals surface area (Å²) >= 11 is 0. The normalized spacial score (nSPS) is 14.3. The third-order valence-electron chi connectivity index (χ3n) is 3.40. The van der Waals surface area contributed by atoms with Crippen molar-refractivity contribution < 1.29 is 9.84 Å². The number of rotatable bonds is 7. The van der Waals surface area contributed by atoms with E-state index in [9.17, 15) is 5.11 Å². The Kier molecular flexibility index (Phi) is 6.16. The molecule has 0 aliphatic heterocycles. The molecule has 0 bridgehead atoms. The average molecular weight is 251 g/mol. The molecule has 2 atom stereocenters. The molecule has 3 nitrogen and oxygen atoms in total. The van der Waals surface area contributed by atoms with Crippen molar-refractivity contribution in [2.24, 2.45) is 17.6 Å². The van der Waals surface area contributed by atoms with E-state index >= 15 is 0 Å². The number of nitrogens with two attached hydrogens (primary N) is 1. The Morgan fingerprint density at radius 3 is 2.67 bits per heavy atom. The highest BCUT2D eigenvalue weighted by molar-refractivity contribution is 5.37. The van der Waals surface area contributed by atoms with Gasteiger partial charge in [-0.25, -0.2) is 0 Å². The fraction of sp³-hybridized carbons (Fsp3) is 0.600. The number of aliphatic hydroxyl groups is 1. The molecule has 0 aliphatic rings. The van der Waals surface area contributed by atoms with Crippen molar-refractivity contribution in [1.29, 1.82) is 0 Å². The van der Waals surface area contributed by atoms with Crippen molar-refractivity contribution in [3.8, 4) is 5.75 Å². The Bertz CT molecular complexity index is 362. The minimum Gasteiger partial charge on any atom is -0.494 e. The molecule has 1 rings (SSSR count). The maximum atomic E-state index is 9.29. The van der Waals surface area contributed by atoms with Crippen molar-refractivity contribution in [3.63, 3.8) is 0 Å². The van der Waals surface area contributed by atoms with Gasteiger partial charge >= 0.3 is 0 Å². The lowest BCUT2D eigenvalue weighted by atomic mass is 9.88. The zero-order valence-electron chi connectivity index (χ0n) is 11.6. The summed E-state index contributed by atoms with van der Waals surface area (Å²) in [5.41, 5.74) is 8.11. The van der Waals surface area contributed by atoms with Gasteiger partial charge in [-0.2, -0.15) is 0 Å². The Morgan fingerprint density at radius 2 is 2.11 bits per heavy atom. The van der Waals surface area contributed by atoms with E-state index in [1.807, 2.05) is 13.0 Å². The zero-order valence-corrected chi connectivity index (χ0v) is 11.6. The topological polar surface area (TPSA) is 55.5 Å². The maximum absolute atomic E-state index is 9.29. The van der Waals surface area contributed by atoms with Gasteiger partial charge < -0.3 is 15.6 Å². The van der Waals surface area contributed by atoms with Gasteiger partial charge in [0.1, 0.15) is 5.75 Å². The molecule has 3 heteroatoms. The second-order valence-electron chi connectivity index (χ2n) is 4.90. The van der Waals surface area contributed by atoms with Crippen LogP contribution in [0.25, 0.3) is 0 Å². The van der Waals surface area contributed by atoms with Gasteiger partial charge in [0.25, 0.3) is 0 Å². The summed E-state index contributed by atoms with van der Waals surface area (Å²) in [6.07, 6.45) is 0.888. The highest BCUT2D eigenvalue weighted by Gasteiger charge is 2.17. The van der Waals surface area contributed by atoms with Crippen molar-refractivity contribution in [3.05, 3.63) is 29.3 Å². The second kappa shape index (κ2) is 7.39. The molecule has 18 heavy (non-hydrogen) atoms. The molecule has 0 spiro atoms. The van der Waals surface area contributed by atoms with Crippen LogP contribution in [-0.4, -0.2) is 24.9 Å². The lowest BCUT2D eigenvalue weighted by Gasteiger charge is -2.21. The molecule has 0 amide bonds. The van der Waals surface area contributed by atoms with Crippen molar-refractivity contribution in [2.75, 3.05) is 19.8 Å². The number of hydrogen-bond donors (Lipinski definition) is 2. The van der Waals surface area contributed by atoms with Crippen LogP contribution in [0.5, 0.6) is 5.75 Å². The zero-order chi connectivity index (χ0) is 13.5. The number of benzene rings is 1. The number of aliphatic hydroxyl groups excluding tert-OH is 1. The van der Waals surface area contributed by atoms with Crippen LogP contribution in [0.1, 0.15) is 25.0 Å². The summed E-state index contributed by atoms with van der Waals surface area (Å²) < 4.78 is 5.65. The van der Waals surface area contributed by atoms with Crippen molar-refractivity contribution in [2.45, 2.75) is 27.2 Å². The van der Waals surface area contributed by atoms with Gasteiger partial charge in [-0.15, -0.1) is 0 Å². The average Bonchev–Trinajstić information content (AvgIpc) is 2.34. The summed E-state index contributed by atoms with van der Waals surface area (Å²) in [7, 11) is 0. The predicted molar refractivity (Wildman–Crippen MR) is 74.8 cm³/mol. The van der Waals surface area contributed by atoms with Gasteiger partial charge in [0.05, 0.1) is 6.61 Å². The smallest absolute Gasteiger partial charge is 0.122 e. The van der Waals surface area contributed by atoms with E-state index in [4.69, 9.17) is 10.5 Å². The van der Waals surface area contributed by atoms with Crippen LogP contribution in [0.3, 0.4) is 0 Å². The standard InChI is InChI=1S/C15H25NO2/c1-4-18-15-6-5-11(2)7-13(15)8-12(3)14(9-16)10-17/h5-7,12,14,17H,4,8-10,16H2,1-3H3. The molecular formula is C15H25NO2. The van der Waals surface area contributed by atoms with Gasteiger partial charge in [-0.3, -0.25) is 0 Å². The first kappa shape index (κ1) is 15.0. The minimum atomic E-state index is 0.146. The second-order valence-corrected chi connectivity index (χ2v) is 4.90. The SMILES string of the molecule is CCOc1ccc(C)cc1CC(C)C(CN)CO. The number of aryl methyl sites for hydroxylation is 1. The summed E-state index contributed by atoms with van der Waals surface area (Å²) in [6, 6.07) is 6.25. The first-order valence-electron chi connectivity index (χ1n) is 6.65. The summed E-state index contributed by atoms with van der Waals surface area (Å²) in [6.45, 7) is 7.54. The van der Waals surface area contributed by atoms with Crippen LogP contribution < -0.4 is 10.5 Å². The van der Waals surface area contributed by atoms with Crippen molar-refractivity contribution >= 4 is 0 Å². The monoisotopic (exact) mass is 251 g/mol. The van der Waals surface area contributed by atoms with Crippen molar-refractivity contribution in [1.82, 2.24) is 0 Å². The quantitative estimate of drug-likeness (QED) is 0.780. The van der Waals surface area contributed by atoms with Crippen LogP contribution in [0, 0.1) is 18.8 Å². The van der Waals surface area contributed by atoms with E-state index in [1.165, 1.54) is 11.1 Å². The third kappa shape index (κ3) is 4.00. The maximum Gasteiger partial charge on any atom is 0.122 e. The Morgan fingerprint density at radius 1 is 1.39 bits per heavy atom. The molecule has 0 saturated carbocycles. The van der Waals surface area contributed by atoms with Crippen LogP contribution in [0.15, 0.2) is 18.2 Å². The van der Waals surface area contributed by atoms with Gasteiger partial charge in [0.2, 0.25) is 0 Å². The van der Waals surface area contributed by atoms with E-state index in [2.05, 4.69) is 26.0 Å². The molecule has 0 aromatic heterocycles. The van der Waals surface area contributed by atoms with Gasteiger partial charge in [-0.05, 0) is 50.3 Å². The van der Waals surface area contributed by atoms with Gasteiger partial charge in [0.15, 0.2) is 0 Å². The first-order valence-corrected chi connectivity index (χ1v) is 6.65. The Hall–Kier alpha value is -1.06. The molecule has 0 aliphatic carbocycles. The highest BCUT2D eigenvalue weighted by Crippen LogP contribution is 2.25. The fourth-order valence-corrected chi connectivity index (χ4v) is 2.16. The molecule has 1 aromatic rings. The molecule has 0 radical (unpaired) electrons. The minimum absolute atomic E-state index is 0.146. The van der Waals surface area contributed by atoms with Crippen LogP contribution in [0.4, 0.5) is 0 Å². The summed E-state index contributed by atoms with van der Waals surface area (Å²) in [5, 5.41) is 9.29. The lowest BCUT2D eigenvalue weighted by molar-refractivity contribution is 0.186. The molecule has 2 unspecified atom stereocenters. The molecule has 102 valence electrons. The van der Waals surface area contributed by atoms with Gasteiger partial charge in [0, 0.05) is 6.61 Å². The lowest BCUT2D eigenvalue weighted by Crippen LogP contribution is -2.26. The molecule has 0 fully saturated rings. The molecule has 0 saturated heterocycles. The molecule has 0 heterocycles. The van der Waals surface area contributed by atoms with E-state index < -0.39 is 0 Å².